The van der Waals surface area contributed by atoms with E-state index in [1.54, 1.807) is 24.5 Å². The van der Waals surface area contributed by atoms with Crippen LogP contribution in [0.5, 0.6) is 11.5 Å². The number of hydrogen-bond donors (Lipinski definition) is 1. The summed E-state index contributed by atoms with van der Waals surface area (Å²) in [5, 5.41) is 12.1. The standard InChI is InChI=1S/C24H32N2O4S/c1-4-12-25(15-18(27)5-2)16-24(28)26-13-10-23-19(11-14-31-23)20(26)17-30-22-9-7-6-8-21(22)29-3/h4,6-9,11,14,18,20,27H,1,5,10,12-13,15-17H2,2-3H3/t18-,20-/m0/s1. The molecule has 1 aromatic heterocycles. The Kier molecular flexibility index (Phi) is 8.51. The quantitative estimate of drug-likeness (QED) is 0.538. The number of fused-ring (bicyclic) bond motifs is 1. The molecular formula is C24H32N2O4S. The van der Waals surface area contributed by atoms with E-state index in [9.17, 15) is 9.90 Å². The Bertz CT molecular complexity index is 869. The molecule has 1 aromatic carbocycles. The van der Waals surface area contributed by atoms with Crippen molar-refractivity contribution in [1.29, 1.82) is 0 Å². The maximum Gasteiger partial charge on any atom is 0.237 e. The van der Waals surface area contributed by atoms with E-state index in [4.69, 9.17) is 9.47 Å². The van der Waals surface area contributed by atoms with Gasteiger partial charge in [0, 0.05) is 24.5 Å². The zero-order valence-electron chi connectivity index (χ0n) is 18.3. The third-order valence-electron chi connectivity index (χ3n) is 5.57. The van der Waals surface area contributed by atoms with Gasteiger partial charge in [-0.3, -0.25) is 9.69 Å². The summed E-state index contributed by atoms with van der Waals surface area (Å²) in [5.41, 5.74) is 1.16. The van der Waals surface area contributed by atoms with Crippen LogP contribution in [0.15, 0.2) is 48.4 Å². The van der Waals surface area contributed by atoms with E-state index < -0.39 is 6.10 Å². The van der Waals surface area contributed by atoms with Crippen molar-refractivity contribution in [2.45, 2.75) is 31.9 Å². The molecule has 0 saturated heterocycles. The highest BCUT2D eigenvalue weighted by atomic mass is 32.1. The second kappa shape index (κ2) is 11.3. The first-order valence-corrected chi connectivity index (χ1v) is 11.6. The largest absolute Gasteiger partial charge is 0.493 e. The molecule has 0 aliphatic carbocycles. The molecule has 0 unspecified atom stereocenters. The number of amides is 1. The van der Waals surface area contributed by atoms with Crippen LogP contribution in [0.3, 0.4) is 0 Å². The molecule has 31 heavy (non-hydrogen) atoms. The van der Waals surface area contributed by atoms with Gasteiger partial charge < -0.3 is 19.5 Å². The third kappa shape index (κ3) is 5.87. The molecule has 1 aliphatic rings. The number of aliphatic hydroxyl groups excluding tert-OH is 1. The SMILES string of the molecule is C=CCN(CC(=O)N1CCc2sccc2[C@@H]1COc1ccccc1OC)C[C@@H](O)CC. The van der Waals surface area contributed by atoms with Crippen LogP contribution < -0.4 is 9.47 Å². The van der Waals surface area contributed by atoms with Crippen LogP contribution in [-0.2, 0) is 11.2 Å². The van der Waals surface area contributed by atoms with Crippen LogP contribution >= 0.6 is 11.3 Å². The summed E-state index contributed by atoms with van der Waals surface area (Å²) in [6, 6.07) is 9.48. The Morgan fingerprint density at radius 1 is 1.39 bits per heavy atom. The number of nitrogens with zero attached hydrogens (tertiary/aromatic N) is 2. The minimum Gasteiger partial charge on any atom is -0.493 e. The summed E-state index contributed by atoms with van der Waals surface area (Å²) in [6.07, 6.45) is 2.81. The fraction of sp³-hybridized carbons (Fsp3) is 0.458. The summed E-state index contributed by atoms with van der Waals surface area (Å²) >= 11 is 1.73. The lowest BCUT2D eigenvalue weighted by Gasteiger charge is -2.37. The zero-order valence-corrected chi connectivity index (χ0v) is 19.1. The predicted molar refractivity (Wildman–Crippen MR) is 124 cm³/mol. The van der Waals surface area contributed by atoms with Crippen molar-refractivity contribution in [3.8, 4) is 11.5 Å². The molecule has 168 valence electrons. The lowest BCUT2D eigenvalue weighted by molar-refractivity contribution is -0.136. The predicted octanol–water partition coefficient (Wildman–Crippen LogP) is 3.52. The van der Waals surface area contributed by atoms with Crippen molar-refractivity contribution in [2.24, 2.45) is 0 Å². The smallest absolute Gasteiger partial charge is 0.237 e. The third-order valence-corrected chi connectivity index (χ3v) is 6.56. The number of ether oxygens (including phenoxy) is 2. The van der Waals surface area contributed by atoms with Gasteiger partial charge >= 0.3 is 0 Å². The number of para-hydroxylation sites is 2. The van der Waals surface area contributed by atoms with E-state index in [2.05, 4.69) is 18.0 Å². The summed E-state index contributed by atoms with van der Waals surface area (Å²) in [4.78, 5) is 18.5. The molecule has 2 heterocycles. The normalized spacial score (nSPS) is 16.6. The van der Waals surface area contributed by atoms with Gasteiger partial charge in [-0.1, -0.05) is 25.1 Å². The number of methoxy groups -OCH3 is 1. The van der Waals surface area contributed by atoms with Crippen LogP contribution in [0.1, 0.15) is 29.8 Å². The molecule has 2 atom stereocenters. The number of benzene rings is 1. The minimum atomic E-state index is -0.456. The van der Waals surface area contributed by atoms with Crippen LogP contribution in [0, 0.1) is 0 Å². The Morgan fingerprint density at radius 3 is 2.87 bits per heavy atom. The van der Waals surface area contributed by atoms with Crippen LogP contribution in [-0.4, -0.2) is 66.8 Å². The van der Waals surface area contributed by atoms with Crippen molar-refractivity contribution in [2.75, 3.05) is 39.9 Å². The van der Waals surface area contributed by atoms with E-state index in [0.29, 0.717) is 44.2 Å². The maximum absolute atomic E-state index is 13.3. The Morgan fingerprint density at radius 2 is 2.16 bits per heavy atom. The van der Waals surface area contributed by atoms with E-state index in [1.165, 1.54) is 4.88 Å². The molecule has 0 bridgehead atoms. The van der Waals surface area contributed by atoms with Gasteiger partial charge in [0.2, 0.25) is 5.91 Å². The highest BCUT2D eigenvalue weighted by Gasteiger charge is 2.33. The molecule has 0 fully saturated rings. The average molecular weight is 445 g/mol. The van der Waals surface area contributed by atoms with Crippen molar-refractivity contribution < 1.29 is 19.4 Å². The molecule has 2 aromatic rings. The van der Waals surface area contributed by atoms with Crippen molar-refractivity contribution in [1.82, 2.24) is 9.80 Å². The first kappa shape index (κ1) is 23.3. The van der Waals surface area contributed by atoms with E-state index in [-0.39, 0.29) is 18.5 Å². The lowest BCUT2D eigenvalue weighted by atomic mass is 10.0. The van der Waals surface area contributed by atoms with Gasteiger partial charge in [0.15, 0.2) is 11.5 Å². The zero-order chi connectivity index (χ0) is 22.2. The van der Waals surface area contributed by atoms with Crippen molar-refractivity contribution in [3.05, 3.63) is 58.8 Å². The molecule has 1 N–H and O–H groups in total. The molecule has 0 radical (unpaired) electrons. The van der Waals surface area contributed by atoms with Gasteiger partial charge in [-0.05, 0) is 42.0 Å². The fourth-order valence-corrected chi connectivity index (χ4v) is 4.81. The average Bonchev–Trinajstić information content (AvgIpc) is 3.26. The number of hydrogen-bond acceptors (Lipinski definition) is 6. The number of carbonyl (C=O) groups excluding carboxylic acids is 1. The monoisotopic (exact) mass is 444 g/mol. The van der Waals surface area contributed by atoms with Gasteiger partial charge in [-0.15, -0.1) is 17.9 Å². The van der Waals surface area contributed by atoms with Crippen LogP contribution in [0.4, 0.5) is 0 Å². The summed E-state index contributed by atoms with van der Waals surface area (Å²) in [5.74, 6) is 1.38. The topological polar surface area (TPSA) is 62.2 Å². The number of aliphatic hydroxyl groups is 1. The number of thiophene rings is 1. The molecule has 0 saturated carbocycles. The molecular weight excluding hydrogens is 412 g/mol. The summed E-state index contributed by atoms with van der Waals surface area (Å²) in [6.45, 7) is 8.00. The van der Waals surface area contributed by atoms with Crippen molar-refractivity contribution >= 4 is 17.2 Å². The number of carbonyl (C=O) groups is 1. The first-order chi connectivity index (χ1) is 15.1. The molecule has 0 spiro atoms. The Hall–Kier alpha value is -2.35. The fourth-order valence-electron chi connectivity index (χ4n) is 3.88. The molecule has 1 aliphatic heterocycles. The first-order valence-electron chi connectivity index (χ1n) is 10.7. The molecule has 6 nitrogen and oxygen atoms in total. The maximum atomic E-state index is 13.3. The van der Waals surface area contributed by atoms with Crippen LogP contribution in [0.2, 0.25) is 0 Å². The Balaban J connectivity index is 1.75. The molecule has 3 rings (SSSR count). The lowest BCUT2D eigenvalue weighted by Crippen LogP contribution is -2.47. The summed E-state index contributed by atoms with van der Waals surface area (Å²) < 4.78 is 11.5. The van der Waals surface area contributed by atoms with Crippen LogP contribution in [0.25, 0.3) is 0 Å². The minimum absolute atomic E-state index is 0.0376. The van der Waals surface area contributed by atoms with Gasteiger partial charge in [-0.25, -0.2) is 0 Å². The van der Waals surface area contributed by atoms with Crippen molar-refractivity contribution in [3.63, 3.8) is 0 Å². The van der Waals surface area contributed by atoms with Gasteiger partial charge in [0.25, 0.3) is 0 Å². The van der Waals surface area contributed by atoms with E-state index >= 15 is 0 Å². The second-order valence-electron chi connectivity index (χ2n) is 7.66. The molecule has 7 heteroatoms. The molecule has 1 amide bonds. The van der Waals surface area contributed by atoms with E-state index in [0.717, 1.165) is 12.0 Å². The van der Waals surface area contributed by atoms with Gasteiger partial charge in [-0.2, -0.15) is 0 Å². The van der Waals surface area contributed by atoms with Gasteiger partial charge in [0.1, 0.15) is 6.61 Å². The highest BCUT2D eigenvalue weighted by molar-refractivity contribution is 7.10. The van der Waals surface area contributed by atoms with E-state index in [1.807, 2.05) is 41.0 Å². The number of rotatable bonds is 11. The summed E-state index contributed by atoms with van der Waals surface area (Å²) in [7, 11) is 1.62. The second-order valence-corrected chi connectivity index (χ2v) is 8.66. The van der Waals surface area contributed by atoms with Gasteiger partial charge in [0.05, 0.1) is 25.8 Å². The Labute approximate surface area is 188 Å². The highest BCUT2D eigenvalue weighted by Crippen LogP contribution is 2.35.